The topological polar surface area (TPSA) is 89.4 Å². The highest BCUT2D eigenvalue weighted by molar-refractivity contribution is 7.89. The van der Waals surface area contributed by atoms with Gasteiger partial charge in [-0.3, -0.25) is 0 Å². The Morgan fingerprint density at radius 2 is 1.64 bits per heavy atom. The van der Waals surface area contributed by atoms with Gasteiger partial charge in [0.25, 0.3) is 0 Å². The van der Waals surface area contributed by atoms with Gasteiger partial charge in [0.05, 0.1) is 11.4 Å². The van der Waals surface area contributed by atoms with Crippen LogP contribution in [0.2, 0.25) is 0 Å². The second kappa shape index (κ2) is 8.07. The van der Waals surface area contributed by atoms with Crippen molar-refractivity contribution in [3.8, 4) is 0 Å². The third kappa shape index (κ3) is 5.25. The van der Waals surface area contributed by atoms with Crippen LogP contribution in [0, 0.1) is 0 Å². The molecule has 0 amide bonds. The summed E-state index contributed by atoms with van der Waals surface area (Å²) >= 11 is 4.11. The third-order valence-corrected chi connectivity index (χ3v) is 4.20. The molecule has 2 aromatic carbocycles. The lowest BCUT2D eigenvalue weighted by atomic mass is 10.2. The zero-order valence-electron chi connectivity index (χ0n) is 12.6. The highest BCUT2D eigenvalue weighted by atomic mass is 32.2. The van der Waals surface area contributed by atoms with E-state index in [1.807, 2.05) is 18.2 Å². The van der Waals surface area contributed by atoms with Crippen LogP contribution in [0.3, 0.4) is 0 Å². The lowest BCUT2D eigenvalue weighted by Gasteiger charge is -2.17. The zero-order valence-corrected chi connectivity index (χ0v) is 14.3. The Hall–Kier alpha value is -1.70. The minimum atomic E-state index is -3.78. The first-order chi connectivity index (χ1) is 10.3. The Labute approximate surface area is 137 Å². The monoisotopic (exact) mass is 339 g/mol. The van der Waals surface area contributed by atoms with Crippen LogP contribution in [0.15, 0.2) is 53.4 Å². The Bertz CT molecular complexity index is 702. The lowest BCUT2D eigenvalue weighted by Crippen LogP contribution is -2.20. The molecule has 5 nitrogen and oxygen atoms in total. The summed E-state index contributed by atoms with van der Waals surface area (Å²) in [5.74, 6) is 0.834. The van der Waals surface area contributed by atoms with Gasteiger partial charge < -0.3 is 10.6 Å². The van der Waals surface area contributed by atoms with Gasteiger partial charge >= 0.3 is 0 Å². The molecular formula is C15H21N3O2S2. The molecule has 0 fully saturated rings. The van der Waals surface area contributed by atoms with E-state index in [1.54, 1.807) is 31.1 Å². The molecule has 22 heavy (non-hydrogen) atoms. The maximum absolute atomic E-state index is 11.3. The molecular weight excluding hydrogens is 318 g/mol. The van der Waals surface area contributed by atoms with E-state index in [1.165, 1.54) is 11.6 Å². The van der Waals surface area contributed by atoms with Crippen molar-refractivity contribution in [2.75, 3.05) is 24.7 Å². The number of thiol groups is 1. The van der Waals surface area contributed by atoms with Gasteiger partial charge in [0.2, 0.25) is 10.0 Å². The van der Waals surface area contributed by atoms with Gasteiger partial charge in [0.1, 0.15) is 4.90 Å². The molecule has 0 spiro atoms. The number of rotatable bonds is 3. The summed E-state index contributed by atoms with van der Waals surface area (Å²) in [6.07, 6.45) is 0. The molecule has 0 radical (unpaired) electrons. The van der Waals surface area contributed by atoms with E-state index in [0.717, 1.165) is 5.75 Å². The second-order valence-corrected chi connectivity index (χ2v) is 6.59. The Kier molecular flexibility index (Phi) is 6.73. The fourth-order valence-corrected chi connectivity index (χ4v) is 2.94. The maximum Gasteiger partial charge on any atom is 0.242 e. The average molecular weight is 339 g/mol. The van der Waals surface area contributed by atoms with E-state index in [9.17, 15) is 8.42 Å². The summed E-state index contributed by atoms with van der Waals surface area (Å²) in [6, 6.07) is 15.0. The molecule has 0 saturated heterocycles. The van der Waals surface area contributed by atoms with Gasteiger partial charge in [0, 0.05) is 19.8 Å². The number of primary sulfonamides is 1. The smallest absolute Gasteiger partial charge is 0.242 e. The van der Waals surface area contributed by atoms with Crippen LogP contribution in [0.5, 0.6) is 0 Å². The molecule has 0 aromatic heterocycles. The van der Waals surface area contributed by atoms with Crippen molar-refractivity contribution in [2.24, 2.45) is 5.14 Å². The van der Waals surface area contributed by atoms with Crippen molar-refractivity contribution in [1.29, 1.82) is 0 Å². The number of benzene rings is 2. The van der Waals surface area contributed by atoms with Gasteiger partial charge in [-0.25, -0.2) is 13.6 Å². The normalized spacial score (nSPS) is 10.5. The van der Waals surface area contributed by atoms with Crippen molar-refractivity contribution in [2.45, 2.75) is 10.6 Å². The first kappa shape index (κ1) is 18.3. The van der Waals surface area contributed by atoms with E-state index >= 15 is 0 Å². The molecule has 0 aliphatic rings. The predicted octanol–water partition coefficient (Wildman–Crippen LogP) is 2.10. The van der Waals surface area contributed by atoms with E-state index < -0.39 is 10.0 Å². The van der Waals surface area contributed by atoms with Crippen molar-refractivity contribution in [3.63, 3.8) is 0 Å². The minimum Gasteiger partial charge on any atom is -0.398 e. The fourth-order valence-electron chi connectivity index (χ4n) is 1.79. The van der Waals surface area contributed by atoms with Crippen LogP contribution in [0.1, 0.15) is 5.56 Å². The molecule has 0 saturated carbocycles. The number of sulfonamides is 1. The first-order valence-corrected chi connectivity index (χ1v) is 8.68. The maximum atomic E-state index is 11.3. The van der Waals surface area contributed by atoms with Crippen LogP contribution < -0.4 is 15.8 Å². The van der Waals surface area contributed by atoms with Crippen molar-refractivity contribution < 1.29 is 8.42 Å². The number of hydrogen-bond donors (Lipinski definition) is 3. The van der Waals surface area contributed by atoms with E-state index in [0.29, 0.717) is 5.69 Å². The van der Waals surface area contributed by atoms with Crippen molar-refractivity contribution in [3.05, 3.63) is 54.1 Å². The van der Waals surface area contributed by atoms with Crippen LogP contribution in [0.25, 0.3) is 0 Å². The number of nitrogens with two attached hydrogens (primary N) is 2. The van der Waals surface area contributed by atoms with Gasteiger partial charge in [-0.1, -0.05) is 36.4 Å². The molecule has 2 aromatic rings. The average Bonchev–Trinajstić information content (AvgIpc) is 2.47. The van der Waals surface area contributed by atoms with Crippen LogP contribution in [-0.2, 0) is 15.8 Å². The molecule has 0 aliphatic carbocycles. The summed E-state index contributed by atoms with van der Waals surface area (Å²) in [6.45, 7) is 0. The lowest BCUT2D eigenvalue weighted by molar-refractivity contribution is 0.598. The zero-order chi connectivity index (χ0) is 16.8. The minimum absolute atomic E-state index is 0.0231. The Morgan fingerprint density at radius 1 is 1.05 bits per heavy atom. The quantitative estimate of drug-likeness (QED) is 0.590. The first-order valence-electron chi connectivity index (χ1n) is 6.50. The van der Waals surface area contributed by atoms with Crippen molar-refractivity contribution in [1.82, 2.24) is 0 Å². The van der Waals surface area contributed by atoms with Gasteiger partial charge in [0.15, 0.2) is 0 Å². The summed E-state index contributed by atoms with van der Waals surface area (Å²) < 4.78 is 22.5. The van der Waals surface area contributed by atoms with Gasteiger partial charge in [-0.2, -0.15) is 12.6 Å². The summed E-state index contributed by atoms with van der Waals surface area (Å²) in [5.41, 5.74) is 7.49. The SMILES string of the molecule is CN(C)c1cccc(N)c1S(N)(=O)=O.SCc1ccccc1. The largest absolute Gasteiger partial charge is 0.398 e. The van der Waals surface area contributed by atoms with Crippen LogP contribution in [-0.4, -0.2) is 22.5 Å². The molecule has 0 atom stereocenters. The molecule has 2 rings (SSSR count). The van der Waals surface area contributed by atoms with Gasteiger partial charge in [-0.05, 0) is 17.7 Å². The van der Waals surface area contributed by atoms with E-state index in [-0.39, 0.29) is 10.6 Å². The van der Waals surface area contributed by atoms with Gasteiger partial charge in [-0.15, -0.1) is 0 Å². The summed E-state index contributed by atoms with van der Waals surface area (Å²) in [4.78, 5) is 1.63. The highest BCUT2D eigenvalue weighted by Crippen LogP contribution is 2.27. The molecule has 0 bridgehead atoms. The van der Waals surface area contributed by atoms with E-state index in [2.05, 4.69) is 24.8 Å². The number of anilines is 2. The third-order valence-electron chi connectivity index (χ3n) is 2.82. The molecule has 0 aliphatic heterocycles. The summed E-state index contributed by atoms with van der Waals surface area (Å²) in [5, 5.41) is 5.06. The Balaban J connectivity index is 0.000000255. The number of hydrogen-bond acceptors (Lipinski definition) is 5. The summed E-state index contributed by atoms with van der Waals surface area (Å²) in [7, 11) is -0.325. The molecule has 0 unspecified atom stereocenters. The number of nitrogens with zero attached hydrogens (tertiary/aromatic N) is 1. The molecule has 0 heterocycles. The molecule has 7 heteroatoms. The Morgan fingerprint density at radius 3 is 2.00 bits per heavy atom. The molecule has 4 N–H and O–H groups in total. The van der Waals surface area contributed by atoms with Crippen LogP contribution >= 0.6 is 12.6 Å². The molecule has 120 valence electrons. The van der Waals surface area contributed by atoms with E-state index in [4.69, 9.17) is 10.9 Å². The number of nitrogen functional groups attached to an aromatic ring is 1. The van der Waals surface area contributed by atoms with Crippen molar-refractivity contribution >= 4 is 34.0 Å². The second-order valence-electron chi connectivity index (χ2n) is 4.78. The highest BCUT2D eigenvalue weighted by Gasteiger charge is 2.18. The standard InChI is InChI=1S/C8H13N3O2S.C7H8S/c1-11(2)7-5-3-4-6(9)8(7)14(10,12)13;8-6-7-4-2-1-3-5-7/h3-5H,9H2,1-2H3,(H2,10,12,13);1-5,8H,6H2. The van der Waals surface area contributed by atoms with Crippen LogP contribution in [0.4, 0.5) is 11.4 Å². The predicted molar refractivity (Wildman–Crippen MR) is 95.7 cm³/mol. The fraction of sp³-hybridized carbons (Fsp3) is 0.200.